The first-order chi connectivity index (χ1) is 18.9. The highest BCUT2D eigenvalue weighted by Crippen LogP contribution is 2.24. The Bertz CT molecular complexity index is 1520. The number of hydrogen-bond donors (Lipinski definition) is 3. The van der Waals surface area contributed by atoms with E-state index in [1.54, 1.807) is 6.08 Å². The van der Waals surface area contributed by atoms with Gasteiger partial charge in [0.25, 0.3) is 0 Å². The Kier molecular flexibility index (Phi) is 9.57. The molecule has 0 spiro atoms. The maximum absolute atomic E-state index is 13.3. The van der Waals surface area contributed by atoms with Gasteiger partial charge >= 0.3 is 6.03 Å². The summed E-state index contributed by atoms with van der Waals surface area (Å²) in [6.45, 7) is 3.06. The maximum Gasteiger partial charge on any atom is 0.315 e. The number of sulfonamides is 1. The number of carbonyl (C=O) groups is 1. The van der Waals surface area contributed by atoms with Gasteiger partial charge in [0.1, 0.15) is 0 Å². The van der Waals surface area contributed by atoms with Gasteiger partial charge in [-0.05, 0) is 43.0 Å². The van der Waals surface area contributed by atoms with Crippen LogP contribution in [0.25, 0.3) is 11.0 Å². The van der Waals surface area contributed by atoms with Crippen molar-refractivity contribution in [1.29, 1.82) is 0 Å². The Morgan fingerprint density at radius 3 is 2.56 bits per heavy atom. The van der Waals surface area contributed by atoms with Crippen LogP contribution in [-0.2, 0) is 10.0 Å². The number of hydrogen-bond acceptors (Lipinski definition) is 4. The molecule has 2 aromatic rings. The summed E-state index contributed by atoms with van der Waals surface area (Å²) in [7, 11) is -1.82. The van der Waals surface area contributed by atoms with Gasteiger partial charge in [0, 0.05) is 42.8 Å². The van der Waals surface area contributed by atoms with Crippen LogP contribution in [0.3, 0.4) is 0 Å². The molecule has 7 nitrogen and oxygen atoms in total. The van der Waals surface area contributed by atoms with Gasteiger partial charge in [-0.2, -0.15) is 0 Å². The normalized spacial score (nSPS) is 15.3. The summed E-state index contributed by atoms with van der Waals surface area (Å²) in [5.41, 5.74) is 2.91. The third-order valence-electron chi connectivity index (χ3n) is 6.70. The lowest BCUT2D eigenvalue weighted by Gasteiger charge is -2.21. The fourth-order valence-corrected chi connectivity index (χ4v) is 5.85. The molecule has 3 N–H and O–H groups in total. The van der Waals surface area contributed by atoms with Gasteiger partial charge < -0.3 is 15.5 Å². The van der Waals surface area contributed by atoms with E-state index in [0.717, 1.165) is 35.0 Å². The molecule has 0 heterocycles. The second kappa shape index (κ2) is 13.3. The molecule has 1 atom stereocenters. The number of nitrogens with zero attached hydrogens (tertiary/aromatic N) is 1. The number of benzene rings is 2. The van der Waals surface area contributed by atoms with Gasteiger partial charge in [-0.25, -0.2) is 17.9 Å². The van der Waals surface area contributed by atoms with Crippen molar-refractivity contribution >= 4 is 32.7 Å². The quantitative estimate of drug-likeness (QED) is 0.400. The zero-order valence-corrected chi connectivity index (χ0v) is 23.2. The van der Waals surface area contributed by atoms with Crippen LogP contribution in [0.4, 0.5) is 10.5 Å². The maximum atomic E-state index is 13.3. The lowest BCUT2D eigenvalue weighted by molar-refractivity contribution is 0.239. The molecule has 0 radical (unpaired) electrons. The molecule has 0 aliphatic heterocycles. The van der Waals surface area contributed by atoms with Gasteiger partial charge in [-0.3, -0.25) is 0 Å². The van der Waals surface area contributed by atoms with E-state index >= 15 is 0 Å². The van der Waals surface area contributed by atoms with Gasteiger partial charge in [-0.1, -0.05) is 85.0 Å². The molecule has 1 unspecified atom stereocenters. The van der Waals surface area contributed by atoms with E-state index in [-0.39, 0.29) is 30.1 Å². The topological polar surface area (TPSA) is 90.5 Å². The molecule has 0 saturated heterocycles. The van der Waals surface area contributed by atoms with Crippen LogP contribution in [0.15, 0.2) is 96.6 Å². The molecule has 2 aromatic carbocycles. The number of allylic oxidation sites excluding steroid dienone is 5. The number of amides is 2. The molecule has 39 heavy (non-hydrogen) atoms. The molecule has 2 aliphatic carbocycles. The van der Waals surface area contributed by atoms with E-state index < -0.39 is 10.0 Å². The van der Waals surface area contributed by atoms with E-state index in [1.165, 1.54) is 0 Å². The Labute approximate surface area is 231 Å². The average molecular weight is 545 g/mol. The molecule has 0 fully saturated rings. The van der Waals surface area contributed by atoms with E-state index in [2.05, 4.69) is 45.4 Å². The summed E-state index contributed by atoms with van der Waals surface area (Å²) in [6.07, 6.45) is 17.1. The Balaban J connectivity index is 1.44. The van der Waals surface area contributed by atoms with Crippen molar-refractivity contribution in [2.45, 2.75) is 25.8 Å². The summed E-state index contributed by atoms with van der Waals surface area (Å²) >= 11 is 0. The molecule has 0 saturated carbocycles. The number of nitrogens with one attached hydrogen (secondary N) is 3. The minimum absolute atomic E-state index is 0.0576. The first-order valence-corrected chi connectivity index (χ1v) is 14.7. The summed E-state index contributed by atoms with van der Waals surface area (Å²) in [4.78, 5) is 15.2. The summed E-state index contributed by atoms with van der Waals surface area (Å²) in [5.74, 6) is 0. The Morgan fingerprint density at radius 2 is 1.77 bits per heavy atom. The lowest BCUT2D eigenvalue weighted by Crippen LogP contribution is -2.42. The Morgan fingerprint density at radius 1 is 0.974 bits per heavy atom. The third-order valence-corrected chi connectivity index (χ3v) is 8.22. The van der Waals surface area contributed by atoms with E-state index in [1.807, 2.05) is 79.9 Å². The number of carbonyl (C=O) groups excluding carboxylic acids is 1. The van der Waals surface area contributed by atoms with Crippen LogP contribution in [-0.4, -0.2) is 41.1 Å². The molecule has 0 aromatic heterocycles. The number of urea groups is 1. The highest BCUT2D eigenvalue weighted by Gasteiger charge is 2.20. The summed E-state index contributed by atoms with van der Waals surface area (Å²) in [6, 6.07) is 14.8. The number of fused-ring (bicyclic) bond motifs is 1. The van der Waals surface area contributed by atoms with Crippen molar-refractivity contribution in [3.05, 3.63) is 113 Å². The fourth-order valence-electron chi connectivity index (χ4n) is 4.59. The van der Waals surface area contributed by atoms with Crippen molar-refractivity contribution in [3.63, 3.8) is 0 Å². The van der Waals surface area contributed by atoms with Crippen LogP contribution in [0.2, 0.25) is 0 Å². The highest BCUT2D eigenvalue weighted by atomic mass is 32.2. The molecule has 204 valence electrons. The standard InChI is InChI=1S/C31H36N4O3S/c1-3-35(2)28-20-13-19-27-26(28)18-11-12-21-29(27)39(37,38)33-23-22-32-31(36)34-30(25-16-9-6-10-17-25)24-14-7-4-5-8-15-24/h4,6-10,12-21,30,33H,3,5,11,22-23H2,1-2H3,(H2,32,34,36). The van der Waals surface area contributed by atoms with Gasteiger partial charge in [0.05, 0.1) is 10.9 Å². The first kappa shape index (κ1) is 28.1. The smallest absolute Gasteiger partial charge is 0.315 e. The highest BCUT2D eigenvalue weighted by molar-refractivity contribution is 7.98. The summed E-state index contributed by atoms with van der Waals surface area (Å²) < 4.78 is 29.3. The second-order valence-electron chi connectivity index (χ2n) is 9.33. The van der Waals surface area contributed by atoms with Crippen LogP contribution in [0.5, 0.6) is 0 Å². The van der Waals surface area contributed by atoms with Crippen molar-refractivity contribution in [3.8, 4) is 0 Å². The minimum atomic E-state index is -3.81. The van der Waals surface area contributed by atoms with E-state index in [0.29, 0.717) is 11.6 Å². The minimum Gasteiger partial charge on any atom is -0.374 e. The van der Waals surface area contributed by atoms with Crippen molar-refractivity contribution in [2.75, 3.05) is 31.6 Å². The zero-order chi connectivity index (χ0) is 27.7. The number of rotatable bonds is 10. The van der Waals surface area contributed by atoms with Gasteiger partial charge in [-0.15, -0.1) is 0 Å². The predicted molar refractivity (Wildman–Crippen MR) is 160 cm³/mol. The largest absolute Gasteiger partial charge is 0.374 e. The van der Waals surface area contributed by atoms with E-state index in [9.17, 15) is 13.2 Å². The molecule has 0 bridgehead atoms. The molecular formula is C31H36N4O3S. The monoisotopic (exact) mass is 544 g/mol. The third kappa shape index (κ3) is 7.16. The van der Waals surface area contributed by atoms with E-state index in [4.69, 9.17) is 0 Å². The van der Waals surface area contributed by atoms with Crippen LogP contribution < -0.4 is 30.7 Å². The molecular weight excluding hydrogens is 508 g/mol. The Hall–Kier alpha value is -3.88. The number of anilines is 1. The van der Waals surface area contributed by atoms with Crippen LogP contribution >= 0.6 is 0 Å². The average Bonchev–Trinajstić information content (AvgIpc) is 3.36. The van der Waals surface area contributed by atoms with Crippen molar-refractivity contribution in [1.82, 2.24) is 15.4 Å². The van der Waals surface area contributed by atoms with Crippen LogP contribution in [0, 0.1) is 0 Å². The molecule has 4 rings (SSSR count). The first-order valence-electron chi connectivity index (χ1n) is 13.2. The van der Waals surface area contributed by atoms with Gasteiger partial charge in [0.15, 0.2) is 0 Å². The molecule has 2 aliphatic rings. The van der Waals surface area contributed by atoms with Crippen molar-refractivity contribution in [2.24, 2.45) is 0 Å². The van der Waals surface area contributed by atoms with Crippen LogP contribution in [0.1, 0.15) is 31.4 Å². The lowest BCUT2D eigenvalue weighted by atomic mass is 9.98. The fraction of sp³-hybridized carbons (Fsp3) is 0.258. The SMILES string of the molecule is CCN(C)c1cccc2c1=CCC=CC=2S(=O)(=O)NCCNC(=O)NC(C1=CC=CCC=C1)c1ccccc1. The predicted octanol–water partition coefficient (Wildman–Crippen LogP) is 3.39. The zero-order valence-electron chi connectivity index (χ0n) is 22.4. The molecule has 2 amide bonds. The molecule has 8 heteroatoms. The van der Waals surface area contributed by atoms with Gasteiger partial charge in [0.2, 0.25) is 10.0 Å². The second-order valence-corrected chi connectivity index (χ2v) is 11.1. The summed E-state index contributed by atoms with van der Waals surface area (Å²) in [5, 5.41) is 7.40. The van der Waals surface area contributed by atoms with Crippen molar-refractivity contribution < 1.29 is 13.2 Å².